The second-order valence-corrected chi connectivity index (χ2v) is 1.71. The number of H-pyrrole nitrogens is 1. The Balaban J connectivity index is 0.000000810. The minimum Gasteiger partial charge on any atom is -0.328 e. The third-order valence-electron chi connectivity index (χ3n) is 0.816. The van der Waals surface area contributed by atoms with E-state index in [0.29, 0.717) is 11.7 Å². The highest BCUT2D eigenvalue weighted by Crippen LogP contribution is 1.96. The molecule has 56 valence electrons. The molecule has 0 saturated carbocycles. The van der Waals surface area contributed by atoms with Crippen LogP contribution in [0.15, 0.2) is 12.3 Å². The molecule has 0 aliphatic heterocycles. The van der Waals surface area contributed by atoms with Crippen LogP contribution in [0.5, 0.6) is 0 Å². The molecule has 4 nitrogen and oxygen atoms in total. The molecule has 0 aromatic carbocycles. The Morgan fingerprint density at radius 3 is 2.90 bits per heavy atom. The number of halogens is 1. The van der Waals surface area contributed by atoms with E-state index in [9.17, 15) is 0 Å². The van der Waals surface area contributed by atoms with Gasteiger partial charge in [-0.05, 0) is 6.92 Å². The summed E-state index contributed by atoms with van der Waals surface area (Å²) in [6, 6.07) is 1.76. The molecule has 0 saturated heterocycles. The number of anilines is 1. The van der Waals surface area contributed by atoms with Crippen molar-refractivity contribution >= 4 is 24.1 Å². The number of aromatic amines is 1. The average Bonchev–Trinajstić information content (AvgIpc) is 2.15. The fraction of sp³-hybridized carbons (Fsp3) is 0.200. The zero-order valence-electron chi connectivity index (χ0n) is 5.51. The van der Waals surface area contributed by atoms with E-state index >= 15 is 0 Å². The van der Waals surface area contributed by atoms with E-state index in [0.717, 1.165) is 0 Å². The lowest BCUT2D eigenvalue weighted by molar-refractivity contribution is 1.09. The van der Waals surface area contributed by atoms with Crippen LogP contribution in [0.2, 0.25) is 0 Å². The van der Waals surface area contributed by atoms with Crippen LogP contribution in [-0.2, 0) is 0 Å². The molecule has 0 aliphatic carbocycles. The molecule has 3 N–H and O–H groups in total. The van der Waals surface area contributed by atoms with Gasteiger partial charge < -0.3 is 5.32 Å². The van der Waals surface area contributed by atoms with Gasteiger partial charge in [-0.2, -0.15) is 5.10 Å². The van der Waals surface area contributed by atoms with Gasteiger partial charge in [0.25, 0.3) is 0 Å². The summed E-state index contributed by atoms with van der Waals surface area (Å²) in [6.45, 7) is 1.66. The van der Waals surface area contributed by atoms with Gasteiger partial charge in [0.05, 0.1) is 5.84 Å². The van der Waals surface area contributed by atoms with Crippen molar-refractivity contribution in [2.45, 2.75) is 6.92 Å². The normalized spacial score (nSPS) is 8.10. The van der Waals surface area contributed by atoms with E-state index in [1.807, 2.05) is 0 Å². The van der Waals surface area contributed by atoms with Crippen molar-refractivity contribution in [1.82, 2.24) is 10.2 Å². The van der Waals surface area contributed by atoms with E-state index in [1.165, 1.54) is 0 Å². The maximum Gasteiger partial charge on any atom is 0.152 e. The molecule has 1 rings (SSSR count). The quantitative estimate of drug-likeness (QED) is 0.428. The summed E-state index contributed by atoms with van der Waals surface area (Å²) in [5.74, 6) is 1.07. The average molecular weight is 161 g/mol. The summed E-state index contributed by atoms with van der Waals surface area (Å²) in [5, 5.41) is 16.1. The molecule has 0 bridgehead atoms. The van der Waals surface area contributed by atoms with Gasteiger partial charge in [0.1, 0.15) is 0 Å². The molecule has 1 heterocycles. The Morgan fingerprint density at radius 2 is 2.50 bits per heavy atom. The van der Waals surface area contributed by atoms with Crippen molar-refractivity contribution in [1.29, 1.82) is 5.41 Å². The molecule has 5 heteroatoms. The van der Waals surface area contributed by atoms with Gasteiger partial charge in [-0.25, -0.2) is 0 Å². The SMILES string of the molecule is CC(=N)Nc1cc[nH]n1.Cl. The maximum atomic E-state index is 7.01. The van der Waals surface area contributed by atoms with Gasteiger partial charge >= 0.3 is 0 Å². The smallest absolute Gasteiger partial charge is 0.152 e. The number of nitrogens with zero attached hydrogens (tertiary/aromatic N) is 1. The lowest BCUT2D eigenvalue weighted by Gasteiger charge is -1.94. The predicted molar refractivity (Wildman–Crippen MR) is 42.9 cm³/mol. The first-order chi connectivity index (χ1) is 4.29. The standard InChI is InChI=1S/C5H8N4.ClH/c1-4(6)8-5-2-3-7-9-5;/h2-3H,1H3,(H3,6,7,8,9);1H. The topological polar surface area (TPSA) is 64.6 Å². The van der Waals surface area contributed by atoms with Gasteiger partial charge in [-0.3, -0.25) is 10.5 Å². The predicted octanol–water partition coefficient (Wildman–Crippen LogP) is 1.24. The fourth-order valence-corrected chi connectivity index (χ4v) is 0.522. The fourth-order valence-electron chi connectivity index (χ4n) is 0.522. The number of rotatable bonds is 1. The Labute approximate surface area is 64.9 Å². The summed E-state index contributed by atoms with van der Waals surface area (Å²) in [4.78, 5) is 0. The molecule has 0 radical (unpaired) electrons. The molecule has 10 heavy (non-hydrogen) atoms. The second kappa shape index (κ2) is 3.90. The third kappa shape index (κ3) is 2.50. The van der Waals surface area contributed by atoms with Crippen LogP contribution < -0.4 is 5.32 Å². The van der Waals surface area contributed by atoms with Crippen molar-refractivity contribution in [2.75, 3.05) is 5.32 Å². The third-order valence-corrected chi connectivity index (χ3v) is 0.816. The molecule has 1 aromatic heterocycles. The van der Waals surface area contributed by atoms with E-state index < -0.39 is 0 Å². The molecule has 0 amide bonds. The zero-order valence-corrected chi connectivity index (χ0v) is 6.33. The summed E-state index contributed by atoms with van der Waals surface area (Å²) in [7, 11) is 0. The number of hydrogen-bond donors (Lipinski definition) is 3. The largest absolute Gasteiger partial charge is 0.328 e. The summed E-state index contributed by atoms with van der Waals surface area (Å²) < 4.78 is 0. The lowest BCUT2D eigenvalue weighted by Crippen LogP contribution is -2.04. The van der Waals surface area contributed by atoms with Crippen molar-refractivity contribution in [2.24, 2.45) is 0 Å². The molecule has 0 unspecified atom stereocenters. The van der Waals surface area contributed by atoms with Crippen molar-refractivity contribution < 1.29 is 0 Å². The van der Waals surface area contributed by atoms with E-state index in [2.05, 4.69) is 15.5 Å². The van der Waals surface area contributed by atoms with Crippen molar-refractivity contribution in [3.05, 3.63) is 12.3 Å². The number of hydrogen-bond acceptors (Lipinski definition) is 2. The minimum atomic E-state index is 0. The van der Waals surface area contributed by atoms with Crippen LogP contribution in [0.4, 0.5) is 5.82 Å². The number of amidine groups is 1. The Hall–Kier alpha value is -1.03. The van der Waals surface area contributed by atoms with Crippen molar-refractivity contribution in [3.63, 3.8) is 0 Å². The number of nitrogens with one attached hydrogen (secondary N) is 3. The van der Waals surface area contributed by atoms with Crippen LogP contribution in [0.1, 0.15) is 6.92 Å². The molecule has 1 aromatic rings. The summed E-state index contributed by atoms with van der Waals surface area (Å²) in [6.07, 6.45) is 1.70. The summed E-state index contributed by atoms with van der Waals surface area (Å²) in [5.41, 5.74) is 0. The van der Waals surface area contributed by atoms with Gasteiger partial charge in [0.15, 0.2) is 5.82 Å². The lowest BCUT2D eigenvalue weighted by atomic mass is 10.6. The highest BCUT2D eigenvalue weighted by molar-refractivity contribution is 5.89. The molecule has 0 aliphatic rings. The van der Waals surface area contributed by atoms with Gasteiger partial charge in [0, 0.05) is 12.3 Å². The first-order valence-electron chi connectivity index (χ1n) is 2.61. The number of aromatic nitrogens is 2. The molecular formula is C5H9ClN4. The Morgan fingerprint density at radius 1 is 1.80 bits per heavy atom. The zero-order chi connectivity index (χ0) is 6.69. The van der Waals surface area contributed by atoms with Crippen LogP contribution in [0.3, 0.4) is 0 Å². The minimum absolute atomic E-state index is 0. The second-order valence-electron chi connectivity index (χ2n) is 1.71. The van der Waals surface area contributed by atoms with Gasteiger partial charge in [-0.1, -0.05) is 0 Å². The highest BCUT2D eigenvalue weighted by atomic mass is 35.5. The van der Waals surface area contributed by atoms with Crippen LogP contribution in [-0.4, -0.2) is 16.0 Å². The Kier molecular flexibility index (Phi) is 3.49. The molecule has 0 fully saturated rings. The van der Waals surface area contributed by atoms with E-state index in [-0.39, 0.29) is 12.4 Å². The summed E-state index contributed by atoms with van der Waals surface area (Å²) >= 11 is 0. The van der Waals surface area contributed by atoms with E-state index in [1.54, 1.807) is 19.2 Å². The molecule has 0 atom stereocenters. The monoisotopic (exact) mass is 160 g/mol. The van der Waals surface area contributed by atoms with Gasteiger partial charge in [0.2, 0.25) is 0 Å². The first-order valence-corrected chi connectivity index (χ1v) is 2.61. The molecular weight excluding hydrogens is 152 g/mol. The van der Waals surface area contributed by atoms with Gasteiger partial charge in [-0.15, -0.1) is 12.4 Å². The highest BCUT2D eigenvalue weighted by Gasteiger charge is 1.90. The van der Waals surface area contributed by atoms with Crippen LogP contribution in [0.25, 0.3) is 0 Å². The first kappa shape index (κ1) is 8.97. The Bertz CT molecular complexity index is 193. The van der Waals surface area contributed by atoms with Crippen LogP contribution in [0, 0.1) is 5.41 Å². The maximum absolute atomic E-state index is 7.01. The van der Waals surface area contributed by atoms with E-state index in [4.69, 9.17) is 5.41 Å². The van der Waals surface area contributed by atoms with Crippen molar-refractivity contribution in [3.8, 4) is 0 Å². The van der Waals surface area contributed by atoms with Crippen LogP contribution >= 0.6 is 12.4 Å². The molecule has 0 spiro atoms.